The Kier molecular flexibility index (Phi) is 9.50. The van der Waals surface area contributed by atoms with Crippen LogP contribution >= 0.6 is 0 Å². The Morgan fingerprint density at radius 1 is 0.743 bits per heavy atom. The molecule has 3 N–H and O–H groups in total. The van der Waals surface area contributed by atoms with E-state index in [1.165, 1.54) is 16.7 Å². The number of ether oxygens (including phenoxy) is 1. The maximum Gasteiger partial charge on any atom is 0.152 e. The molecule has 0 heterocycles. The number of rotatable bonds is 12. The smallest absolute Gasteiger partial charge is 0.152 e. The van der Waals surface area contributed by atoms with E-state index in [0.717, 1.165) is 30.4 Å². The van der Waals surface area contributed by atoms with E-state index in [1.807, 2.05) is 32.0 Å². The van der Waals surface area contributed by atoms with Crippen LogP contribution in [-0.2, 0) is 26.1 Å². The molecule has 35 heavy (non-hydrogen) atoms. The van der Waals surface area contributed by atoms with E-state index < -0.39 is 11.7 Å². The summed E-state index contributed by atoms with van der Waals surface area (Å²) in [5, 5.41) is 31.0. The molecule has 0 aliphatic rings. The molecule has 4 nitrogen and oxygen atoms in total. The molecule has 3 aromatic carbocycles. The highest BCUT2D eigenvalue weighted by Crippen LogP contribution is 2.39. The lowest BCUT2D eigenvalue weighted by Crippen LogP contribution is -2.38. The second kappa shape index (κ2) is 12.3. The van der Waals surface area contributed by atoms with Gasteiger partial charge in [0.25, 0.3) is 0 Å². The average Bonchev–Trinajstić information content (AvgIpc) is 2.91. The van der Waals surface area contributed by atoms with Crippen molar-refractivity contribution in [1.29, 1.82) is 0 Å². The molecule has 0 bridgehead atoms. The molecule has 0 aromatic heterocycles. The zero-order valence-corrected chi connectivity index (χ0v) is 21.6. The number of aryl methyl sites for hydroxylation is 2. The van der Waals surface area contributed by atoms with E-state index in [-0.39, 0.29) is 13.2 Å². The third-order valence-corrected chi connectivity index (χ3v) is 7.13. The van der Waals surface area contributed by atoms with E-state index in [1.54, 1.807) is 6.07 Å². The van der Waals surface area contributed by atoms with E-state index in [4.69, 9.17) is 4.74 Å². The van der Waals surface area contributed by atoms with Gasteiger partial charge in [-0.2, -0.15) is 0 Å². The van der Waals surface area contributed by atoms with Gasteiger partial charge in [-0.1, -0.05) is 76.6 Å². The average molecular weight is 477 g/mol. The topological polar surface area (TPSA) is 69.9 Å². The van der Waals surface area contributed by atoms with Crippen LogP contribution in [-0.4, -0.2) is 20.9 Å². The zero-order chi connectivity index (χ0) is 25.4. The first-order valence-corrected chi connectivity index (χ1v) is 12.9. The second-order valence-corrected chi connectivity index (χ2v) is 9.23. The lowest BCUT2D eigenvalue weighted by atomic mass is 9.85. The van der Waals surface area contributed by atoms with Gasteiger partial charge < -0.3 is 20.1 Å². The van der Waals surface area contributed by atoms with Crippen LogP contribution in [0.25, 0.3) is 11.1 Å². The second-order valence-electron chi connectivity index (χ2n) is 9.23. The van der Waals surface area contributed by atoms with Crippen molar-refractivity contribution in [2.45, 2.75) is 84.7 Å². The Hall–Kier alpha value is -2.66. The molecule has 0 aliphatic heterocycles. The normalized spacial score (nSPS) is 12.5. The Labute approximate surface area is 210 Å². The van der Waals surface area contributed by atoms with Crippen LogP contribution in [0, 0.1) is 0 Å². The van der Waals surface area contributed by atoms with Gasteiger partial charge in [0, 0.05) is 0 Å². The number of benzene rings is 3. The molecule has 4 heteroatoms. The van der Waals surface area contributed by atoms with E-state index in [2.05, 4.69) is 50.2 Å². The first kappa shape index (κ1) is 26.9. The number of hydrogen-bond acceptors (Lipinski definition) is 4. The highest BCUT2D eigenvalue weighted by Gasteiger charge is 2.37. The van der Waals surface area contributed by atoms with Crippen LogP contribution in [0.5, 0.6) is 5.75 Å². The zero-order valence-electron chi connectivity index (χ0n) is 21.6. The predicted octanol–water partition coefficient (Wildman–Crippen LogP) is 6.52. The minimum Gasteiger partial charge on any atom is -0.483 e. The van der Waals surface area contributed by atoms with E-state index >= 15 is 0 Å². The molecule has 0 aliphatic carbocycles. The fourth-order valence-corrected chi connectivity index (χ4v) is 4.81. The molecule has 0 radical (unpaired) electrons. The summed E-state index contributed by atoms with van der Waals surface area (Å²) in [4.78, 5) is 0. The van der Waals surface area contributed by atoms with Crippen LogP contribution in [0.1, 0.15) is 80.9 Å². The summed E-state index contributed by atoms with van der Waals surface area (Å²) in [6, 6.07) is 20.3. The third-order valence-electron chi connectivity index (χ3n) is 7.13. The number of hydrogen-bond donors (Lipinski definition) is 3. The van der Waals surface area contributed by atoms with Crippen molar-refractivity contribution in [3.05, 3.63) is 88.5 Å². The molecular weight excluding hydrogens is 436 g/mol. The standard InChI is InChI=1S/C31H40O4/c1-5-11-23-12-9-10-13-28(23)29-19-27(17-16-22(29)6-2)35-30(31(34,7-3)8-4)24-14-15-25(20-32)26(18-24)21-33/h9-10,12-19,30,32-34H,5-8,11,20-21H2,1-4H3. The van der Waals surface area contributed by atoms with Gasteiger partial charge in [-0.05, 0) is 82.8 Å². The summed E-state index contributed by atoms with van der Waals surface area (Å²) in [6.45, 7) is 7.95. The van der Waals surface area contributed by atoms with Crippen LogP contribution in [0.15, 0.2) is 60.7 Å². The number of aliphatic hydroxyl groups excluding tert-OH is 2. The largest absolute Gasteiger partial charge is 0.483 e. The Balaban J connectivity index is 2.10. The van der Waals surface area contributed by atoms with Crippen molar-refractivity contribution in [2.75, 3.05) is 0 Å². The fourth-order valence-electron chi connectivity index (χ4n) is 4.81. The summed E-state index contributed by atoms with van der Waals surface area (Å²) in [5.41, 5.74) is 5.98. The summed E-state index contributed by atoms with van der Waals surface area (Å²) in [5.74, 6) is 0.700. The molecule has 0 saturated carbocycles. The molecule has 3 aromatic rings. The Morgan fingerprint density at radius 3 is 2.06 bits per heavy atom. The molecule has 188 valence electrons. The predicted molar refractivity (Wildman–Crippen MR) is 142 cm³/mol. The van der Waals surface area contributed by atoms with E-state index in [0.29, 0.717) is 29.7 Å². The minimum atomic E-state index is -1.09. The minimum absolute atomic E-state index is 0.146. The summed E-state index contributed by atoms with van der Waals surface area (Å²) in [7, 11) is 0. The lowest BCUT2D eigenvalue weighted by Gasteiger charge is -2.35. The van der Waals surface area contributed by atoms with Crippen LogP contribution in [0.4, 0.5) is 0 Å². The van der Waals surface area contributed by atoms with Crippen LogP contribution < -0.4 is 4.74 Å². The van der Waals surface area contributed by atoms with Crippen molar-refractivity contribution in [1.82, 2.24) is 0 Å². The maximum absolute atomic E-state index is 11.6. The van der Waals surface area contributed by atoms with Gasteiger partial charge in [-0.15, -0.1) is 0 Å². The fraction of sp³-hybridized carbons (Fsp3) is 0.419. The third kappa shape index (κ3) is 5.95. The van der Waals surface area contributed by atoms with Gasteiger partial charge >= 0.3 is 0 Å². The molecule has 3 rings (SSSR count). The molecule has 1 atom stereocenters. The van der Waals surface area contributed by atoms with Gasteiger partial charge in [0.1, 0.15) is 11.4 Å². The van der Waals surface area contributed by atoms with Crippen molar-refractivity contribution < 1.29 is 20.1 Å². The van der Waals surface area contributed by atoms with Crippen LogP contribution in [0.2, 0.25) is 0 Å². The highest BCUT2D eigenvalue weighted by molar-refractivity contribution is 5.72. The van der Waals surface area contributed by atoms with Crippen molar-refractivity contribution in [3.63, 3.8) is 0 Å². The van der Waals surface area contributed by atoms with Gasteiger partial charge in [0.15, 0.2) is 6.10 Å². The van der Waals surface area contributed by atoms with Crippen LogP contribution in [0.3, 0.4) is 0 Å². The van der Waals surface area contributed by atoms with Gasteiger partial charge in [-0.3, -0.25) is 0 Å². The monoisotopic (exact) mass is 476 g/mol. The van der Waals surface area contributed by atoms with Gasteiger partial charge in [-0.25, -0.2) is 0 Å². The van der Waals surface area contributed by atoms with Crippen molar-refractivity contribution in [3.8, 4) is 16.9 Å². The summed E-state index contributed by atoms with van der Waals surface area (Å²) < 4.78 is 6.59. The summed E-state index contributed by atoms with van der Waals surface area (Å²) in [6.07, 6.45) is 3.41. The van der Waals surface area contributed by atoms with Gasteiger partial charge in [0.2, 0.25) is 0 Å². The highest BCUT2D eigenvalue weighted by atomic mass is 16.5. The van der Waals surface area contributed by atoms with E-state index in [9.17, 15) is 15.3 Å². The SMILES string of the molecule is CCCc1ccccc1-c1cc(OC(c2ccc(CO)c(CO)c2)C(O)(CC)CC)ccc1CC. The Morgan fingerprint density at radius 2 is 1.43 bits per heavy atom. The molecule has 1 unspecified atom stereocenters. The molecule has 0 fully saturated rings. The molecule has 0 spiro atoms. The molecule has 0 saturated heterocycles. The number of aliphatic hydroxyl groups is 3. The van der Waals surface area contributed by atoms with Crippen molar-refractivity contribution >= 4 is 0 Å². The molecule has 0 amide bonds. The first-order valence-electron chi connectivity index (χ1n) is 12.9. The van der Waals surface area contributed by atoms with Gasteiger partial charge in [0.05, 0.1) is 13.2 Å². The summed E-state index contributed by atoms with van der Waals surface area (Å²) >= 11 is 0. The quantitative estimate of drug-likeness (QED) is 0.278. The maximum atomic E-state index is 11.6. The van der Waals surface area contributed by atoms with Crippen molar-refractivity contribution in [2.24, 2.45) is 0 Å². The Bertz CT molecular complexity index is 1100. The lowest BCUT2D eigenvalue weighted by molar-refractivity contribution is -0.0694. The molecular formula is C31H40O4. The first-order chi connectivity index (χ1) is 16.9.